The zero-order valence-electron chi connectivity index (χ0n) is 13.5. The van der Waals surface area contributed by atoms with Crippen molar-refractivity contribution in [1.82, 2.24) is 19.1 Å². The number of hydrogen-bond donors (Lipinski definition) is 0. The molecule has 24 heavy (non-hydrogen) atoms. The largest absolute Gasteiger partial charge is 0.325 e. The lowest BCUT2D eigenvalue weighted by atomic mass is 9.89. The van der Waals surface area contributed by atoms with E-state index in [0.717, 1.165) is 11.0 Å². The van der Waals surface area contributed by atoms with Crippen LogP contribution in [0.1, 0.15) is 37.8 Å². The Bertz CT molecular complexity index is 915. The molecule has 0 spiro atoms. The average molecular weight is 316 g/mol. The molecule has 4 nitrogen and oxygen atoms in total. The third-order valence-electron chi connectivity index (χ3n) is 5.37. The maximum Gasteiger partial charge on any atom is 0.0961 e. The normalized spacial score (nSPS) is 21.5. The molecule has 0 bridgehead atoms. The van der Waals surface area contributed by atoms with Gasteiger partial charge in [0.25, 0.3) is 0 Å². The van der Waals surface area contributed by atoms with E-state index >= 15 is 0 Å². The van der Waals surface area contributed by atoms with E-state index in [1.807, 2.05) is 12.7 Å². The summed E-state index contributed by atoms with van der Waals surface area (Å²) in [4.78, 5) is 9.22. The highest BCUT2D eigenvalue weighted by atomic mass is 15.2. The van der Waals surface area contributed by atoms with Crippen LogP contribution in [0.5, 0.6) is 0 Å². The van der Waals surface area contributed by atoms with Crippen molar-refractivity contribution in [1.29, 1.82) is 0 Å². The van der Waals surface area contributed by atoms with E-state index in [2.05, 4.69) is 67.6 Å². The topological polar surface area (TPSA) is 35.6 Å². The lowest BCUT2D eigenvalue weighted by molar-refractivity contribution is 0.249. The zero-order chi connectivity index (χ0) is 15.9. The number of aromatic nitrogens is 4. The van der Waals surface area contributed by atoms with E-state index in [9.17, 15) is 0 Å². The van der Waals surface area contributed by atoms with Crippen molar-refractivity contribution in [2.45, 2.75) is 37.8 Å². The molecule has 1 saturated carbocycles. The Labute approximate surface area is 140 Å². The smallest absolute Gasteiger partial charge is 0.0961 e. The molecular weight excluding hydrogens is 296 g/mol. The molecule has 120 valence electrons. The summed E-state index contributed by atoms with van der Waals surface area (Å²) in [6.45, 7) is 0. The van der Waals surface area contributed by atoms with E-state index < -0.39 is 0 Å². The van der Waals surface area contributed by atoms with Crippen LogP contribution < -0.4 is 0 Å². The molecule has 0 aliphatic heterocycles. The first kappa shape index (κ1) is 13.8. The summed E-state index contributed by atoms with van der Waals surface area (Å²) < 4.78 is 4.77. The van der Waals surface area contributed by atoms with E-state index in [1.165, 1.54) is 36.7 Å². The summed E-state index contributed by atoms with van der Waals surface area (Å²) in [7, 11) is 0. The fourth-order valence-electron chi connectivity index (χ4n) is 4.23. The van der Waals surface area contributed by atoms with Gasteiger partial charge >= 0.3 is 0 Å². The SMILES string of the molecule is c1ccc2c(c1)ncn2C1CCCCC1n1cnc2ccccc21. The molecule has 5 rings (SSSR count). The predicted octanol–water partition coefficient (Wildman–Crippen LogP) is 4.74. The second kappa shape index (κ2) is 5.48. The van der Waals surface area contributed by atoms with E-state index in [0.29, 0.717) is 12.1 Å². The van der Waals surface area contributed by atoms with Gasteiger partial charge in [0.15, 0.2) is 0 Å². The number of imidazole rings is 2. The summed E-state index contributed by atoms with van der Waals surface area (Å²) in [6, 6.07) is 17.7. The standard InChI is InChI=1S/C20H20N4/c1-3-9-17-15(7-1)21-13-23(17)19-11-5-6-12-20(19)24-14-22-16-8-2-4-10-18(16)24/h1-4,7-10,13-14,19-20H,5-6,11-12H2. The van der Waals surface area contributed by atoms with Gasteiger partial charge in [-0.3, -0.25) is 0 Å². The van der Waals surface area contributed by atoms with Crippen LogP contribution in [0, 0.1) is 0 Å². The van der Waals surface area contributed by atoms with Gasteiger partial charge < -0.3 is 9.13 Å². The number of fused-ring (bicyclic) bond motifs is 2. The molecule has 4 heteroatoms. The fourth-order valence-corrected chi connectivity index (χ4v) is 4.23. The monoisotopic (exact) mass is 316 g/mol. The minimum Gasteiger partial charge on any atom is -0.325 e. The Morgan fingerprint density at radius 2 is 1.12 bits per heavy atom. The Kier molecular flexibility index (Phi) is 3.15. The van der Waals surface area contributed by atoms with Crippen LogP contribution in [0.15, 0.2) is 61.2 Å². The first-order valence-electron chi connectivity index (χ1n) is 8.75. The predicted molar refractivity (Wildman–Crippen MR) is 96.0 cm³/mol. The molecule has 0 radical (unpaired) electrons. The molecule has 2 aromatic carbocycles. The minimum absolute atomic E-state index is 0.434. The summed E-state index contributed by atoms with van der Waals surface area (Å²) in [5.41, 5.74) is 4.63. The van der Waals surface area contributed by atoms with Crippen molar-refractivity contribution < 1.29 is 0 Å². The molecule has 1 fully saturated rings. The molecule has 2 atom stereocenters. The number of para-hydroxylation sites is 4. The Hall–Kier alpha value is -2.62. The lowest BCUT2D eigenvalue weighted by Gasteiger charge is -2.34. The van der Waals surface area contributed by atoms with Crippen LogP contribution >= 0.6 is 0 Å². The highest BCUT2D eigenvalue weighted by Gasteiger charge is 2.29. The molecule has 1 aliphatic rings. The molecule has 0 N–H and O–H groups in total. The molecule has 2 aromatic heterocycles. The number of rotatable bonds is 2. The Morgan fingerprint density at radius 3 is 1.62 bits per heavy atom. The van der Waals surface area contributed by atoms with E-state index in [-0.39, 0.29) is 0 Å². The molecule has 2 unspecified atom stereocenters. The second-order valence-corrected chi connectivity index (χ2v) is 6.70. The number of hydrogen-bond acceptors (Lipinski definition) is 2. The van der Waals surface area contributed by atoms with Crippen molar-refractivity contribution in [3.8, 4) is 0 Å². The molecule has 4 aromatic rings. The van der Waals surface area contributed by atoms with Gasteiger partial charge in [-0.25, -0.2) is 9.97 Å². The second-order valence-electron chi connectivity index (χ2n) is 6.70. The van der Waals surface area contributed by atoms with E-state index in [1.54, 1.807) is 0 Å². The maximum absolute atomic E-state index is 4.61. The summed E-state index contributed by atoms with van der Waals surface area (Å²) in [5, 5.41) is 0. The van der Waals surface area contributed by atoms with Gasteiger partial charge in [-0.2, -0.15) is 0 Å². The van der Waals surface area contributed by atoms with Crippen LogP contribution in [0.2, 0.25) is 0 Å². The summed E-state index contributed by atoms with van der Waals surface area (Å²) >= 11 is 0. The molecule has 2 heterocycles. The highest BCUT2D eigenvalue weighted by Crippen LogP contribution is 2.40. The van der Waals surface area contributed by atoms with Crippen LogP contribution in [-0.2, 0) is 0 Å². The van der Waals surface area contributed by atoms with Crippen molar-refractivity contribution >= 4 is 22.1 Å². The molecule has 0 amide bonds. The third kappa shape index (κ3) is 2.06. The van der Waals surface area contributed by atoms with Gasteiger partial charge in [0.05, 0.1) is 46.8 Å². The van der Waals surface area contributed by atoms with Crippen LogP contribution in [0.25, 0.3) is 22.1 Å². The van der Waals surface area contributed by atoms with Crippen LogP contribution in [0.3, 0.4) is 0 Å². The maximum atomic E-state index is 4.61. The van der Waals surface area contributed by atoms with Crippen molar-refractivity contribution in [2.75, 3.05) is 0 Å². The molecule has 1 aliphatic carbocycles. The minimum atomic E-state index is 0.434. The van der Waals surface area contributed by atoms with Crippen LogP contribution in [0.4, 0.5) is 0 Å². The number of nitrogens with zero attached hydrogens (tertiary/aromatic N) is 4. The third-order valence-corrected chi connectivity index (χ3v) is 5.37. The highest BCUT2D eigenvalue weighted by molar-refractivity contribution is 5.76. The van der Waals surface area contributed by atoms with Crippen molar-refractivity contribution in [3.05, 3.63) is 61.2 Å². The summed E-state index contributed by atoms with van der Waals surface area (Å²) in [6.07, 6.45) is 8.98. The average Bonchev–Trinajstić information content (AvgIpc) is 3.26. The van der Waals surface area contributed by atoms with Gasteiger partial charge in [0.2, 0.25) is 0 Å². The van der Waals surface area contributed by atoms with Crippen LogP contribution in [-0.4, -0.2) is 19.1 Å². The van der Waals surface area contributed by atoms with Gasteiger partial charge in [-0.1, -0.05) is 37.1 Å². The lowest BCUT2D eigenvalue weighted by Crippen LogP contribution is -2.25. The molecular formula is C20H20N4. The Morgan fingerprint density at radius 1 is 0.667 bits per heavy atom. The Balaban J connectivity index is 1.64. The summed E-state index contributed by atoms with van der Waals surface area (Å²) in [5.74, 6) is 0. The zero-order valence-corrected chi connectivity index (χ0v) is 13.5. The van der Waals surface area contributed by atoms with Gasteiger partial charge in [-0.05, 0) is 37.1 Å². The first-order valence-corrected chi connectivity index (χ1v) is 8.75. The van der Waals surface area contributed by atoms with Gasteiger partial charge in [0, 0.05) is 0 Å². The van der Waals surface area contributed by atoms with Gasteiger partial charge in [0.1, 0.15) is 0 Å². The van der Waals surface area contributed by atoms with E-state index in [4.69, 9.17) is 0 Å². The fraction of sp³-hybridized carbons (Fsp3) is 0.300. The van der Waals surface area contributed by atoms with Crippen molar-refractivity contribution in [2.24, 2.45) is 0 Å². The van der Waals surface area contributed by atoms with Gasteiger partial charge in [-0.15, -0.1) is 0 Å². The number of benzene rings is 2. The molecule has 0 saturated heterocycles. The quantitative estimate of drug-likeness (QED) is 0.535. The van der Waals surface area contributed by atoms with Crippen molar-refractivity contribution in [3.63, 3.8) is 0 Å². The first-order chi connectivity index (χ1) is 11.9.